The zero-order valence-electron chi connectivity index (χ0n) is 13.8. The Kier molecular flexibility index (Phi) is 5.84. The third kappa shape index (κ3) is 4.43. The van der Waals surface area contributed by atoms with Gasteiger partial charge in [-0.3, -0.25) is 0 Å². The topological polar surface area (TPSA) is 38.0 Å². The van der Waals surface area contributed by atoms with Crippen LogP contribution in [0.25, 0.3) is 0 Å². The van der Waals surface area contributed by atoms with Gasteiger partial charge >= 0.3 is 0 Å². The van der Waals surface area contributed by atoms with E-state index in [2.05, 4.69) is 66.0 Å². The maximum Gasteiger partial charge on any atom is 0.0478 e. The first-order valence-electron chi connectivity index (χ1n) is 8.91. The van der Waals surface area contributed by atoms with Gasteiger partial charge in [0.25, 0.3) is 0 Å². The molecule has 0 saturated heterocycles. The normalized spacial score (nSPS) is 23.3. The van der Waals surface area contributed by atoms with E-state index in [1.165, 1.54) is 30.4 Å². The van der Waals surface area contributed by atoms with Crippen LogP contribution < -0.4 is 11.1 Å². The Balaban J connectivity index is 1.73. The first kappa shape index (κ1) is 16.2. The summed E-state index contributed by atoms with van der Waals surface area (Å²) in [5, 5.41) is 3.72. The maximum atomic E-state index is 6.70. The molecule has 1 aromatic rings. The predicted molar refractivity (Wildman–Crippen MR) is 98.0 cm³/mol. The molecule has 1 aromatic carbocycles. The van der Waals surface area contributed by atoms with Gasteiger partial charge in [0.15, 0.2) is 0 Å². The molecule has 2 nitrogen and oxygen atoms in total. The molecule has 2 aliphatic carbocycles. The highest BCUT2D eigenvalue weighted by Crippen LogP contribution is 2.25. The number of hydrogen-bond acceptors (Lipinski definition) is 2. The Bertz CT molecular complexity index is 571. The molecule has 3 atom stereocenters. The van der Waals surface area contributed by atoms with Gasteiger partial charge in [-0.2, -0.15) is 0 Å². The van der Waals surface area contributed by atoms with Crippen LogP contribution in [0.4, 0.5) is 0 Å². The summed E-state index contributed by atoms with van der Waals surface area (Å²) in [6.45, 7) is 0.862. The lowest BCUT2D eigenvalue weighted by molar-refractivity contribution is 0.369. The fraction of sp³-hybridized carbons (Fsp3) is 0.429. The van der Waals surface area contributed by atoms with Crippen LogP contribution in [-0.4, -0.2) is 12.1 Å². The number of nitrogens with one attached hydrogen (secondary N) is 1. The summed E-state index contributed by atoms with van der Waals surface area (Å²) in [6, 6.07) is 10.9. The van der Waals surface area contributed by atoms with Crippen molar-refractivity contribution in [3.63, 3.8) is 0 Å². The molecule has 0 amide bonds. The second kappa shape index (κ2) is 8.28. The largest absolute Gasteiger partial charge is 0.326 e. The van der Waals surface area contributed by atoms with Crippen LogP contribution in [0.15, 0.2) is 66.3 Å². The zero-order valence-corrected chi connectivity index (χ0v) is 13.8. The first-order chi connectivity index (χ1) is 11.3. The van der Waals surface area contributed by atoms with Gasteiger partial charge in [0.2, 0.25) is 0 Å². The van der Waals surface area contributed by atoms with E-state index in [-0.39, 0.29) is 12.1 Å². The van der Waals surface area contributed by atoms with E-state index in [1.807, 2.05) is 0 Å². The number of hydrogen-bond donors (Lipinski definition) is 2. The monoisotopic (exact) mass is 308 g/mol. The van der Waals surface area contributed by atoms with Crippen LogP contribution in [0.5, 0.6) is 0 Å². The summed E-state index contributed by atoms with van der Waals surface area (Å²) in [5.41, 5.74) is 9.37. The molecule has 3 N–H and O–H groups in total. The van der Waals surface area contributed by atoms with E-state index in [0.717, 1.165) is 19.4 Å². The van der Waals surface area contributed by atoms with Gasteiger partial charge in [0.1, 0.15) is 0 Å². The van der Waals surface area contributed by atoms with Gasteiger partial charge in [-0.25, -0.2) is 0 Å². The molecular weight excluding hydrogens is 280 g/mol. The molecule has 0 aliphatic heterocycles. The molecule has 0 aromatic heterocycles. The predicted octanol–water partition coefficient (Wildman–Crippen LogP) is 4.10. The smallest absolute Gasteiger partial charge is 0.0478 e. The van der Waals surface area contributed by atoms with Crippen molar-refractivity contribution in [2.45, 2.75) is 50.7 Å². The molecule has 2 aliphatic rings. The van der Waals surface area contributed by atoms with Gasteiger partial charge in [-0.15, -0.1) is 0 Å². The standard InChI is InChI=1S/C21H28N2/c22-20(18-12-6-2-7-13-18)21(19-14-8-3-9-15-19)23-16-17-10-4-1-5-11-17/h1,4-6,8,10-12,14-15,18,20-21,23H,2-3,7,9,13,16,22H2/t18-,20?,21+/m0/s1. The van der Waals surface area contributed by atoms with Crippen LogP contribution in [0.3, 0.4) is 0 Å². The molecule has 0 fully saturated rings. The van der Waals surface area contributed by atoms with E-state index in [9.17, 15) is 0 Å². The van der Waals surface area contributed by atoms with Gasteiger partial charge in [-0.1, -0.05) is 60.7 Å². The zero-order chi connectivity index (χ0) is 15.9. The van der Waals surface area contributed by atoms with Gasteiger partial charge < -0.3 is 11.1 Å². The highest BCUT2D eigenvalue weighted by atomic mass is 15.0. The van der Waals surface area contributed by atoms with Crippen molar-refractivity contribution in [1.82, 2.24) is 5.32 Å². The van der Waals surface area contributed by atoms with E-state index in [4.69, 9.17) is 5.73 Å². The molecule has 1 unspecified atom stereocenters. The quantitative estimate of drug-likeness (QED) is 0.776. The highest BCUT2D eigenvalue weighted by Gasteiger charge is 2.27. The fourth-order valence-corrected chi connectivity index (χ4v) is 3.57. The molecule has 0 heterocycles. The van der Waals surface area contributed by atoms with Crippen LogP contribution >= 0.6 is 0 Å². The summed E-state index contributed by atoms with van der Waals surface area (Å²) in [7, 11) is 0. The molecule has 23 heavy (non-hydrogen) atoms. The Morgan fingerprint density at radius 3 is 2.65 bits per heavy atom. The SMILES string of the molecule is NC([C@H](NCc1ccccc1)C1=CCCC=C1)[C@H]1C=CCCC1. The fourth-order valence-electron chi connectivity index (χ4n) is 3.57. The lowest BCUT2D eigenvalue weighted by Gasteiger charge is -2.33. The van der Waals surface area contributed by atoms with Gasteiger partial charge in [-0.05, 0) is 49.2 Å². The van der Waals surface area contributed by atoms with E-state index in [0.29, 0.717) is 5.92 Å². The molecule has 3 rings (SSSR count). The van der Waals surface area contributed by atoms with Crippen molar-refractivity contribution in [2.24, 2.45) is 11.7 Å². The molecule has 0 radical (unpaired) electrons. The van der Waals surface area contributed by atoms with Crippen LogP contribution in [-0.2, 0) is 6.54 Å². The van der Waals surface area contributed by atoms with E-state index in [1.54, 1.807) is 0 Å². The summed E-state index contributed by atoms with van der Waals surface area (Å²) in [5.74, 6) is 0.480. The minimum Gasteiger partial charge on any atom is -0.326 e. The van der Waals surface area contributed by atoms with E-state index >= 15 is 0 Å². The molecular formula is C21H28N2. The Morgan fingerprint density at radius 1 is 1.09 bits per heavy atom. The summed E-state index contributed by atoms with van der Waals surface area (Å²) in [6.07, 6.45) is 17.5. The molecule has 0 spiro atoms. The summed E-state index contributed by atoms with van der Waals surface area (Å²) >= 11 is 0. The van der Waals surface area contributed by atoms with Crippen LogP contribution in [0.2, 0.25) is 0 Å². The third-order valence-electron chi connectivity index (χ3n) is 4.92. The second-order valence-electron chi connectivity index (χ2n) is 6.63. The van der Waals surface area contributed by atoms with E-state index < -0.39 is 0 Å². The average Bonchev–Trinajstić information content (AvgIpc) is 2.64. The maximum absolute atomic E-state index is 6.70. The average molecular weight is 308 g/mol. The van der Waals surface area contributed by atoms with Crippen molar-refractivity contribution in [1.29, 1.82) is 0 Å². The molecule has 2 heteroatoms. The molecule has 0 saturated carbocycles. The lowest BCUT2D eigenvalue weighted by Crippen LogP contribution is -2.50. The number of rotatable bonds is 6. The summed E-state index contributed by atoms with van der Waals surface area (Å²) < 4.78 is 0. The highest BCUT2D eigenvalue weighted by molar-refractivity contribution is 5.30. The van der Waals surface area contributed by atoms with Crippen molar-refractivity contribution in [3.8, 4) is 0 Å². The molecule has 0 bridgehead atoms. The van der Waals surface area contributed by atoms with Crippen molar-refractivity contribution in [3.05, 3.63) is 71.8 Å². The second-order valence-corrected chi connectivity index (χ2v) is 6.63. The Labute approximate surface area is 140 Å². The van der Waals surface area contributed by atoms with Crippen molar-refractivity contribution >= 4 is 0 Å². The van der Waals surface area contributed by atoms with Gasteiger partial charge in [0.05, 0.1) is 0 Å². The Morgan fingerprint density at radius 2 is 1.96 bits per heavy atom. The number of benzene rings is 1. The van der Waals surface area contributed by atoms with Gasteiger partial charge in [0, 0.05) is 18.6 Å². The number of allylic oxidation sites excluding steroid dienone is 3. The minimum atomic E-state index is 0.129. The van der Waals surface area contributed by atoms with Crippen LogP contribution in [0, 0.1) is 5.92 Å². The number of nitrogens with two attached hydrogens (primary N) is 1. The summed E-state index contributed by atoms with van der Waals surface area (Å²) in [4.78, 5) is 0. The van der Waals surface area contributed by atoms with Crippen LogP contribution in [0.1, 0.15) is 37.7 Å². The lowest BCUT2D eigenvalue weighted by atomic mass is 9.82. The first-order valence-corrected chi connectivity index (χ1v) is 8.91. The Hall–Kier alpha value is -1.64. The molecule has 122 valence electrons. The minimum absolute atomic E-state index is 0.129. The van der Waals surface area contributed by atoms with Crippen molar-refractivity contribution < 1.29 is 0 Å². The third-order valence-corrected chi connectivity index (χ3v) is 4.92. The van der Waals surface area contributed by atoms with Crippen molar-refractivity contribution in [2.75, 3.05) is 0 Å².